The fraction of sp³-hybridized carbons (Fsp3) is 0.238. The summed E-state index contributed by atoms with van der Waals surface area (Å²) >= 11 is 0. The third kappa shape index (κ3) is 4.43. The summed E-state index contributed by atoms with van der Waals surface area (Å²) in [5.74, 6) is -1.35. The van der Waals surface area contributed by atoms with Crippen molar-refractivity contribution in [3.8, 4) is 5.69 Å². The second kappa shape index (κ2) is 8.55. The number of carbonyl (C=O) groups excluding carboxylic acids is 2. The first-order valence-electron chi connectivity index (χ1n) is 9.07. The average molecular weight is 394 g/mol. The summed E-state index contributed by atoms with van der Waals surface area (Å²) in [5, 5.41) is 12.0. The molecule has 29 heavy (non-hydrogen) atoms. The lowest BCUT2D eigenvalue weighted by atomic mass is 10.1. The van der Waals surface area contributed by atoms with Crippen LogP contribution in [0, 0.1) is 6.92 Å². The van der Waals surface area contributed by atoms with E-state index in [1.807, 2.05) is 37.3 Å². The summed E-state index contributed by atoms with van der Waals surface area (Å²) in [4.78, 5) is 25.1. The summed E-state index contributed by atoms with van der Waals surface area (Å²) in [6, 6.07) is 11.7. The van der Waals surface area contributed by atoms with Crippen LogP contribution in [0.25, 0.3) is 16.7 Å². The van der Waals surface area contributed by atoms with Crippen molar-refractivity contribution in [2.24, 2.45) is 0 Å². The number of aromatic nitrogens is 3. The van der Waals surface area contributed by atoms with Crippen molar-refractivity contribution >= 4 is 28.7 Å². The molecule has 8 heteroatoms. The average Bonchev–Trinajstić information content (AvgIpc) is 3.15. The standard InChI is InChI=1S/C21H22N4O4/c1-5-14-6-8-15(9-7-14)25-23-17-10-13(2)16(11-18(17)24-25)22-19(21(27)29-4)12-20(26)28-3/h6-12,22H,5H2,1-4H3/b19-12+. The van der Waals surface area contributed by atoms with Crippen molar-refractivity contribution in [3.05, 3.63) is 59.3 Å². The van der Waals surface area contributed by atoms with E-state index in [0.717, 1.165) is 23.7 Å². The maximum atomic E-state index is 12.0. The minimum atomic E-state index is -0.686. The van der Waals surface area contributed by atoms with Gasteiger partial charge in [0.15, 0.2) is 0 Å². The Hall–Kier alpha value is -3.68. The van der Waals surface area contributed by atoms with Crippen molar-refractivity contribution in [1.82, 2.24) is 15.0 Å². The molecule has 1 heterocycles. The Morgan fingerprint density at radius 1 is 1.07 bits per heavy atom. The van der Waals surface area contributed by atoms with Crippen molar-refractivity contribution < 1.29 is 19.1 Å². The molecule has 0 fully saturated rings. The molecule has 3 rings (SSSR count). The van der Waals surface area contributed by atoms with Crippen molar-refractivity contribution in [1.29, 1.82) is 0 Å². The van der Waals surface area contributed by atoms with Crippen LogP contribution in [0.3, 0.4) is 0 Å². The summed E-state index contributed by atoms with van der Waals surface area (Å²) in [7, 11) is 2.47. The molecule has 1 aromatic heterocycles. The monoisotopic (exact) mass is 394 g/mol. The Labute approximate surface area is 168 Å². The molecule has 0 aliphatic heterocycles. The molecule has 0 amide bonds. The zero-order valence-electron chi connectivity index (χ0n) is 16.7. The molecule has 0 saturated carbocycles. The Bertz CT molecular complexity index is 1080. The first-order chi connectivity index (χ1) is 13.9. The number of anilines is 1. The lowest BCUT2D eigenvalue weighted by Crippen LogP contribution is -2.16. The van der Waals surface area contributed by atoms with E-state index >= 15 is 0 Å². The number of ether oxygens (including phenoxy) is 2. The van der Waals surface area contributed by atoms with E-state index < -0.39 is 11.9 Å². The zero-order valence-corrected chi connectivity index (χ0v) is 16.7. The molecule has 0 aliphatic carbocycles. The lowest BCUT2D eigenvalue weighted by Gasteiger charge is -2.11. The van der Waals surface area contributed by atoms with Crippen LogP contribution >= 0.6 is 0 Å². The quantitative estimate of drug-likeness (QED) is 0.507. The van der Waals surface area contributed by atoms with E-state index in [9.17, 15) is 9.59 Å². The Kier molecular flexibility index (Phi) is 5.92. The van der Waals surface area contributed by atoms with E-state index in [1.54, 1.807) is 10.9 Å². The van der Waals surface area contributed by atoms with Crippen LogP contribution in [0.1, 0.15) is 18.1 Å². The summed E-state index contributed by atoms with van der Waals surface area (Å²) < 4.78 is 9.32. The van der Waals surface area contributed by atoms with Crippen molar-refractivity contribution in [3.63, 3.8) is 0 Å². The van der Waals surface area contributed by atoms with Gasteiger partial charge >= 0.3 is 11.9 Å². The highest BCUT2D eigenvalue weighted by atomic mass is 16.5. The minimum Gasteiger partial charge on any atom is -0.466 e. The second-order valence-corrected chi connectivity index (χ2v) is 6.36. The summed E-state index contributed by atoms with van der Waals surface area (Å²) in [5.41, 5.74) is 4.83. The van der Waals surface area contributed by atoms with Gasteiger partial charge < -0.3 is 14.8 Å². The van der Waals surface area contributed by atoms with Gasteiger partial charge in [-0.05, 0) is 48.7 Å². The Morgan fingerprint density at radius 3 is 2.31 bits per heavy atom. The van der Waals surface area contributed by atoms with E-state index in [4.69, 9.17) is 4.74 Å². The van der Waals surface area contributed by atoms with Crippen molar-refractivity contribution in [2.75, 3.05) is 19.5 Å². The SMILES string of the molecule is CCc1ccc(-n2nc3cc(C)c(N/C(=C/C(=O)OC)C(=O)OC)cc3n2)cc1. The van der Waals surface area contributed by atoms with Crippen molar-refractivity contribution in [2.45, 2.75) is 20.3 Å². The van der Waals surface area contributed by atoms with Crippen LogP contribution in [-0.4, -0.2) is 41.2 Å². The van der Waals surface area contributed by atoms with Gasteiger partial charge in [-0.15, -0.1) is 10.2 Å². The van der Waals surface area contributed by atoms with E-state index in [2.05, 4.69) is 27.2 Å². The molecule has 0 bridgehead atoms. The number of rotatable bonds is 6. The second-order valence-electron chi connectivity index (χ2n) is 6.36. The molecule has 0 unspecified atom stereocenters. The molecular formula is C21H22N4O4. The van der Waals surface area contributed by atoms with Crippen LogP contribution in [0.15, 0.2) is 48.2 Å². The first-order valence-corrected chi connectivity index (χ1v) is 9.07. The predicted octanol–water partition coefficient (Wildman–Crippen LogP) is 2.93. The molecule has 1 N–H and O–H groups in total. The van der Waals surface area contributed by atoms with Crippen LogP contribution in [0.4, 0.5) is 5.69 Å². The van der Waals surface area contributed by atoms with E-state index in [-0.39, 0.29) is 5.70 Å². The van der Waals surface area contributed by atoms with Crippen LogP contribution < -0.4 is 5.32 Å². The fourth-order valence-corrected chi connectivity index (χ4v) is 2.76. The first kappa shape index (κ1) is 20.1. The molecule has 150 valence electrons. The molecule has 3 aromatic rings. The number of fused-ring (bicyclic) bond motifs is 1. The number of esters is 2. The number of methoxy groups -OCH3 is 2. The molecule has 0 atom stereocenters. The maximum absolute atomic E-state index is 12.0. The number of carbonyl (C=O) groups is 2. The molecule has 2 aromatic carbocycles. The third-order valence-corrected chi connectivity index (χ3v) is 4.44. The van der Waals surface area contributed by atoms with Crippen LogP contribution in [-0.2, 0) is 25.5 Å². The van der Waals surface area contributed by atoms with Gasteiger partial charge in [-0.2, -0.15) is 4.80 Å². The minimum absolute atomic E-state index is 0.0376. The molecule has 8 nitrogen and oxygen atoms in total. The van der Waals surface area contributed by atoms with Gasteiger partial charge in [0.25, 0.3) is 0 Å². The normalized spacial score (nSPS) is 11.4. The smallest absolute Gasteiger partial charge is 0.354 e. The highest BCUT2D eigenvalue weighted by molar-refractivity contribution is 5.99. The highest BCUT2D eigenvalue weighted by Crippen LogP contribution is 2.24. The third-order valence-electron chi connectivity index (χ3n) is 4.44. The van der Waals surface area contributed by atoms with Gasteiger partial charge in [0, 0.05) is 5.69 Å². The van der Waals surface area contributed by atoms with Gasteiger partial charge in [-0.1, -0.05) is 19.1 Å². The number of nitrogens with zero attached hydrogens (tertiary/aromatic N) is 3. The molecule has 0 spiro atoms. The summed E-state index contributed by atoms with van der Waals surface area (Å²) in [6.07, 6.45) is 2.01. The Balaban J connectivity index is 1.96. The van der Waals surface area contributed by atoms with E-state index in [1.165, 1.54) is 19.8 Å². The number of nitrogens with one attached hydrogen (secondary N) is 1. The number of aryl methyl sites for hydroxylation is 2. The van der Waals surface area contributed by atoms with Gasteiger partial charge in [0.2, 0.25) is 0 Å². The highest BCUT2D eigenvalue weighted by Gasteiger charge is 2.15. The molecule has 0 aliphatic rings. The predicted molar refractivity (Wildman–Crippen MR) is 109 cm³/mol. The van der Waals surface area contributed by atoms with E-state index in [0.29, 0.717) is 16.7 Å². The number of benzene rings is 2. The largest absolute Gasteiger partial charge is 0.466 e. The molecule has 0 radical (unpaired) electrons. The Morgan fingerprint density at radius 2 is 1.72 bits per heavy atom. The van der Waals surface area contributed by atoms with Gasteiger partial charge in [0.05, 0.1) is 26.0 Å². The van der Waals surface area contributed by atoms with Gasteiger partial charge in [-0.25, -0.2) is 9.59 Å². The maximum Gasteiger partial charge on any atom is 0.354 e. The number of hydrogen-bond acceptors (Lipinski definition) is 7. The zero-order chi connectivity index (χ0) is 21.0. The lowest BCUT2D eigenvalue weighted by molar-refractivity contribution is -0.138. The summed E-state index contributed by atoms with van der Waals surface area (Å²) in [6.45, 7) is 3.97. The molecule has 0 saturated heterocycles. The van der Waals surface area contributed by atoms with Crippen LogP contribution in [0.5, 0.6) is 0 Å². The van der Waals surface area contributed by atoms with Crippen LogP contribution in [0.2, 0.25) is 0 Å². The van der Waals surface area contributed by atoms with Gasteiger partial charge in [0.1, 0.15) is 16.7 Å². The fourth-order valence-electron chi connectivity index (χ4n) is 2.76. The number of hydrogen-bond donors (Lipinski definition) is 1. The van der Waals surface area contributed by atoms with Gasteiger partial charge in [-0.3, -0.25) is 0 Å². The topological polar surface area (TPSA) is 95.3 Å². The molecular weight excluding hydrogens is 372 g/mol.